The molecule has 3 heteroatoms. The van der Waals surface area contributed by atoms with Crippen LogP contribution >= 0.6 is 11.8 Å². The van der Waals surface area contributed by atoms with Crippen LogP contribution in [0.3, 0.4) is 0 Å². The number of ether oxygens (including phenoxy) is 1. The lowest BCUT2D eigenvalue weighted by molar-refractivity contribution is 0.341. The summed E-state index contributed by atoms with van der Waals surface area (Å²) >= 11 is 1.90. The highest BCUT2D eigenvalue weighted by Gasteiger charge is 1.98. The minimum absolute atomic E-state index is 0.310. The van der Waals surface area contributed by atoms with Crippen molar-refractivity contribution in [3.8, 4) is 5.75 Å². The second kappa shape index (κ2) is 7.58. The van der Waals surface area contributed by atoms with Crippen molar-refractivity contribution in [2.45, 2.75) is 26.3 Å². The Morgan fingerprint density at radius 3 is 2.75 bits per heavy atom. The highest BCUT2D eigenvalue weighted by molar-refractivity contribution is 7.99. The van der Waals surface area contributed by atoms with Crippen molar-refractivity contribution in [2.75, 3.05) is 18.1 Å². The van der Waals surface area contributed by atoms with Crippen molar-refractivity contribution in [3.05, 3.63) is 29.8 Å². The summed E-state index contributed by atoms with van der Waals surface area (Å²) in [7, 11) is 0. The average Bonchev–Trinajstić information content (AvgIpc) is 2.25. The van der Waals surface area contributed by atoms with E-state index in [4.69, 9.17) is 10.5 Å². The third kappa shape index (κ3) is 5.42. The fraction of sp³-hybridized carbons (Fsp3) is 0.538. The third-order valence-electron chi connectivity index (χ3n) is 2.30. The smallest absolute Gasteiger partial charge is 0.122 e. The van der Waals surface area contributed by atoms with Gasteiger partial charge in [-0.05, 0) is 37.7 Å². The molecule has 0 aliphatic carbocycles. The summed E-state index contributed by atoms with van der Waals surface area (Å²) in [6, 6.07) is 8.43. The van der Waals surface area contributed by atoms with E-state index in [0.717, 1.165) is 30.3 Å². The maximum absolute atomic E-state index is 5.69. The Labute approximate surface area is 103 Å². The Balaban J connectivity index is 2.10. The van der Waals surface area contributed by atoms with Gasteiger partial charge in [0, 0.05) is 11.8 Å². The minimum Gasteiger partial charge on any atom is -0.492 e. The number of aryl methyl sites for hydroxylation is 1. The van der Waals surface area contributed by atoms with Crippen LogP contribution in [0.4, 0.5) is 0 Å². The van der Waals surface area contributed by atoms with Crippen LogP contribution in [0.1, 0.15) is 18.9 Å². The topological polar surface area (TPSA) is 35.2 Å². The second-order valence-corrected chi connectivity index (χ2v) is 5.22. The van der Waals surface area contributed by atoms with Crippen LogP contribution in [-0.2, 0) is 0 Å². The van der Waals surface area contributed by atoms with E-state index in [9.17, 15) is 0 Å². The van der Waals surface area contributed by atoms with E-state index in [1.54, 1.807) is 0 Å². The summed E-state index contributed by atoms with van der Waals surface area (Å²) in [4.78, 5) is 0. The molecule has 2 nitrogen and oxygen atoms in total. The first kappa shape index (κ1) is 13.4. The monoisotopic (exact) mass is 239 g/mol. The first-order valence-electron chi connectivity index (χ1n) is 5.72. The van der Waals surface area contributed by atoms with Crippen LogP contribution in [0.5, 0.6) is 5.75 Å². The first-order chi connectivity index (χ1) is 7.70. The standard InChI is InChI=1S/C13H21NOS/c1-11-5-3-4-6-13(11)15-8-10-16-9-7-12(2)14/h3-6,12H,7-10,14H2,1-2H3. The van der Waals surface area contributed by atoms with Crippen LogP contribution in [0.15, 0.2) is 24.3 Å². The lowest BCUT2D eigenvalue weighted by Crippen LogP contribution is -2.15. The Morgan fingerprint density at radius 1 is 1.31 bits per heavy atom. The second-order valence-electron chi connectivity index (χ2n) is 3.99. The molecule has 0 aromatic heterocycles. The quantitative estimate of drug-likeness (QED) is 0.743. The van der Waals surface area contributed by atoms with Gasteiger partial charge in [-0.25, -0.2) is 0 Å². The maximum Gasteiger partial charge on any atom is 0.122 e. The van der Waals surface area contributed by atoms with E-state index in [-0.39, 0.29) is 0 Å². The van der Waals surface area contributed by atoms with E-state index in [1.807, 2.05) is 36.9 Å². The van der Waals surface area contributed by atoms with E-state index < -0.39 is 0 Å². The van der Waals surface area contributed by atoms with Gasteiger partial charge in [-0.1, -0.05) is 18.2 Å². The maximum atomic E-state index is 5.69. The average molecular weight is 239 g/mol. The van der Waals surface area contributed by atoms with Crippen molar-refractivity contribution in [1.82, 2.24) is 0 Å². The predicted molar refractivity (Wildman–Crippen MR) is 72.3 cm³/mol. The van der Waals surface area contributed by atoms with Crippen LogP contribution < -0.4 is 10.5 Å². The van der Waals surface area contributed by atoms with E-state index >= 15 is 0 Å². The van der Waals surface area contributed by atoms with Gasteiger partial charge in [-0.3, -0.25) is 0 Å². The van der Waals surface area contributed by atoms with Gasteiger partial charge in [0.2, 0.25) is 0 Å². The molecule has 0 saturated heterocycles. The molecule has 1 unspecified atom stereocenters. The van der Waals surface area contributed by atoms with Crippen LogP contribution in [0.25, 0.3) is 0 Å². The van der Waals surface area contributed by atoms with Crippen molar-refractivity contribution >= 4 is 11.8 Å². The number of thioether (sulfide) groups is 1. The molecule has 0 heterocycles. The first-order valence-corrected chi connectivity index (χ1v) is 6.87. The lowest BCUT2D eigenvalue weighted by atomic mass is 10.2. The van der Waals surface area contributed by atoms with Crippen LogP contribution in [0, 0.1) is 6.92 Å². The number of rotatable bonds is 7. The molecule has 0 saturated carbocycles. The number of nitrogens with two attached hydrogens (primary N) is 1. The Kier molecular flexibility index (Phi) is 6.34. The van der Waals surface area contributed by atoms with Gasteiger partial charge in [-0.2, -0.15) is 11.8 Å². The third-order valence-corrected chi connectivity index (χ3v) is 3.28. The molecule has 0 aliphatic rings. The zero-order chi connectivity index (χ0) is 11.8. The molecule has 1 aromatic carbocycles. The van der Waals surface area contributed by atoms with Gasteiger partial charge in [0.15, 0.2) is 0 Å². The Hall–Kier alpha value is -0.670. The molecule has 0 fully saturated rings. The van der Waals surface area contributed by atoms with E-state index in [1.165, 1.54) is 5.56 Å². The molecule has 1 rings (SSSR count). The molecular weight excluding hydrogens is 218 g/mol. The number of hydrogen-bond acceptors (Lipinski definition) is 3. The largest absolute Gasteiger partial charge is 0.492 e. The van der Waals surface area contributed by atoms with Crippen LogP contribution in [0.2, 0.25) is 0 Å². The summed E-state index contributed by atoms with van der Waals surface area (Å²) in [6.45, 7) is 4.89. The fourth-order valence-electron chi connectivity index (χ4n) is 1.30. The summed E-state index contributed by atoms with van der Waals surface area (Å²) in [5, 5.41) is 0. The molecule has 0 spiro atoms. The molecule has 0 aliphatic heterocycles. The summed E-state index contributed by atoms with van der Waals surface area (Å²) in [6.07, 6.45) is 1.08. The van der Waals surface area contributed by atoms with E-state index in [2.05, 4.69) is 13.0 Å². The normalized spacial score (nSPS) is 12.4. The van der Waals surface area contributed by atoms with E-state index in [0.29, 0.717) is 6.04 Å². The zero-order valence-corrected chi connectivity index (χ0v) is 10.9. The molecule has 16 heavy (non-hydrogen) atoms. The van der Waals surface area contributed by atoms with Gasteiger partial charge < -0.3 is 10.5 Å². The number of benzene rings is 1. The molecule has 0 amide bonds. The summed E-state index contributed by atoms with van der Waals surface area (Å²) < 4.78 is 5.69. The highest BCUT2D eigenvalue weighted by atomic mass is 32.2. The molecule has 1 aromatic rings. The summed E-state index contributed by atoms with van der Waals surface area (Å²) in [5.74, 6) is 3.14. The molecule has 0 radical (unpaired) electrons. The van der Waals surface area contributed by atoms with Gasteiger partial charge in [0.25, 0.3) is 0 Å². The van der Waals surface area contributed by atoms with Gasteiger partial charge in [0.05, 0.1) is 6.61 Å². The molecular formula is C13H21NOS. The summed E-state index contributed by atoms with van der Waals surface area (Å²) in [5.41, 5.74) is 6.87. The molecule has 0 bridgehead atoms. The molecule has 90 valence electrons. The minimum atomic E-state index is 0.310. The fourth-order valence-corrected chi connectivity index (χ4v) is 2.24. The lowest BCUT2D eigenvalue weighted by Gasteiger charge is -2.09. The molecule has 1 atom stereocenters. The van der Waals surface area contributed by atoms with Gasteiger partial charge in [0.1, 0.15) is 5.75 Å². The highest BCUT2D eigenvalue weighted by Crippen LogP contribution is 2.16. The Morgan fingerprint density at radius 2 is 2.06 bits per heavy atom. The SMILES string of the molecule is Cc1ccccc1OCCSCCC(C)N. The van der Waals surface area contributed by atoms with Gasteiger partial charge >= 0.3 is 0 Å². The number of hydrogen-bond donors (Lipinski definition) is 1. The van der Waals surface area contributed by atoms with Crippen molar-refractivity contribution in [1.29, 1.82) is 0 Å². The Bertz CT molecular complexity index is 302. The van der Waals surface area contributed by atoms with Crippen LogP contribution in [-0.4, -0.2) is 24.2 Å². The van der Waals surface area contributed by atoms with Crippen molar-refractivity contribution in [2.24, 2.45) is 5.73 Å². The van der Waals surface area contributed by atoms with Crippen molar-refractivity contribution < 1.29 is 4.74 Å². The molecule has 2 N–H and O–H groups in total. The number of para-hydroxylation sites is 1. The predicted octanol–water partition coefficient (Wildman–Crippen LogP) is 2.84. The van der Waals surface area contributed by atoms with Gasteiger partial charge in [-0.15, -0.1) is 0 Å². The van der Waals surface area contributed by atoms with Crippen molar-refractivity contribution in [3.63, 3.8) is 0 Å². The zero-order valence-electron chi connectivity index (χ0n) is 10.1.